The molecule has 1 fully saturated rings. The number of hydrogen-bond donors (Lipinski definition) is 1. The van der Waals surface area contributed by atoms with E-state index < -0.39 is 6.36 Å². The Kier molecular flexibility index (Phi) is 9.81. The van der Waals surface area contributed by atoms with Crippen LogP contribution in [0.4, 0.5) is 18.9 Å². The zero-order valence-electron chi connectivity index (χ0n) is 23.3. The summed E-state index contributed by atoms with van der Waals surface area (Å²) in [6.45, 7) is 8.04. The van der Waals surface area contributed by atoms with Gasteiger partial charge in [0.25, 0.3) is 5.91 Å². The van der Waals surface area contributed by atoms with Gasteiger partial charge in [0.05, 0.1) is 10.7 Å². The zero-order valence-corrected chi connectivity index (χ0v) is 24.1. The molecule has 0 bridgehead atoms. The topological polar surface area (TPSA) is 58.9 Å². The number of alkyl halides is 3. The number of piperidine rings is 1. The number of aryl methyl sites for hydroxylation is 1. The summed E-state index contributed by atoms with van der Waals surface area (Å²) in [6.07, 6.45) is -0.546. The molecule has 1 amide bonds. The molecular weight excluding hydrogens is 553 g/mol. The lowest BCUT2D eigenvalue weighted by molar-refractivity contribution is -0.274. The largest absolute Gasteiger partial charge is 0.573 e. The Bertz CT molecular complexity index is 1450. The van der Waals surface area contributed by atoms with Crippen LogP contribution in [0.15, 0.2) is 66.9 Å². The van der Waals surface area contributed by atoms with Gasteiger partial charge < -0.3 is 15.0 Å². The van der Waals surface area contributed by atoms with Gasteiger partial charge in [-0.25, -0.2) is 4.98 Å². The number of anilines is 1. The summed E-state index contributed by atoms with van der Waals surface area (Å²) in [4.78, 5) is 19.9. The second-order valence-electron chi connectivity index (χ2n) is 9.56. The molecule has 218 valence electrons. The number of rotatable bonds is 7. The van der Waals surface area contributed by atoms with Crippen molar-refractivity contribution in [2.75, 3.05) is 18.0 Å². The first-order chi connectivity index (χ1) is 19.7. The fourth-order valence-electron chi connectivity index (χ4n) is 5.06. The van der Waals surface area contributed by atoms with Crippen molar-refractivity contribution in [1.82, 2.24) is 14.7 Å². The zero-order chi connectivity index (χ0) is 29.6. The van der Waals surface area contributed by atoms with E-state index in [2.05, 4.69) is 32.1 Å². The van der Waals surface area contributed by atoms with E-state index in [4.69, 9.17) is 11.6 Å². The van der Waals surface area contributed by atoms with Crippen molar-refractivity contribution in [3.05, 3.63) is 94.4 Å². The Labute approximate surface area is 243 Å². The van der Waals surface area contributed by atoms with Crippen LogP contribution in [0.5, 0.6) is 5.75 Å². The number of pyridine rings is 1. The van der Waals surface area contributed by atoms with Gasteiger partial charge in [-0.1, -0.05) is 56.6 Å². The van der Waals surface area contributed by atoms with E-state index in [-0.39, 0.29) is 17.6 Å². The van der Waals surface area contributed by atoms with Crippen molar-refractivity contribution in [3.8, 4) is 5.75 Å². The first-order valence-corrected chi connectivity index (χ1v) is 14.2. The lowest BCUT2D eigenvalue weighted by atomic mass is 9.89. The summed E-state index contributed by atoms with van der Waals surface area (Å²) < 4.78 is 42.9. The van der Waals surface area contributed by atoms with Gasteiger partial charge in [0.1, 0.15) is 17.1 Å². The van der Waals surface area contributed by atoms with E-state index in [0.717, 1.165) is 48.4 Å². The van der Waals surface area contributed by atoms with Gasteiger partial charge >= 0.3 is 6.36 Å². The van der Waals surface area contributed by atoms with E-state index in [1.807, 2.05) is 32.9 Å². The molecule has 0 unspecified atom stereocenters. The standard InChI is InChI=1S/C29H28ClF3N4O2.C2H6/c1-2-25-27(37-18-22(30)7-12-26(37)35-25)28(38)34-17-19-3-8-23(9-4-19)36-15-13-21(14-16-36)20-5-10-24(11-6-20)39-29(31,32)33;1-2/h3-12,18,21H,2,13-17H2,1H3,(H,34,38);1-2H3. The molecule has 0 atom stereocenters. The third kappa shape index (κ3) is 7.52. The van der Waals surface area contributed by atoms with Crippen LogP contribution in [0.25, 0.3) is 5.65 Å². The highest BCUT2D eigenvalue weighted by molar-refractivity contribution is 6.30. The fourth-order valence-corrected chi connectivity index (χ4v) is 5.22. The molecule has 1 aliphatic rings. The molecule has 0 radical (unpaired) electrons. The van der Waals surface area contributed by atoms with Gasteiger partial charge in [-0.3, -0.25) is 9.20 Å². The fraction of sp³-hybridized carbons (Fsp3) is 0.355. The highest BCUT2D eigenvalue weighted by atomic mass is 35.5. The van der Waals surface area contributed by atoms with Crippen LogP contribution in [0, 0.1) is 0 Å². The number of nitrogens with zero attached hydrogens (tertiary/aromatic N) is 3. The molecule has 41 heavy (non-hydrogen) atoms. The minimum Gasteiger partial charge on any atom is -0.406 e. The number of benzene rings is 2. The number of nitrogens with one attached hydrogen (secondary N) is 1. The van der Waals surface area contributed by atoms with Gasteiger partial charge in [0.2, 0.25) is 0 Å². The summed E-state index contributed by atoms with van der Waals surface area (Å²) in [5.74, 6) is -0.113. The van der Waals surface area contributed by atoms with Crippen molar-refractivity contribution < 1.29 is 22.7 Å². The molecular formula is C31H34ClF3N4O2. The number of fused-ring (bicyclic) bond motifs is 1. The number of aromatic nitrogens is 2. The molecule has 1 aliphatic heterocycles. The number of carbonyl (C=O) groups is 1. The molecule has 10 heteroatoms. The third-order valence-corrected chi connectivity index (χ3v) is 7.26. The molecule has 4 aromatic rings. The van der Waals surface area contributed by atoms with Crippen LogP contribution in [-0.2, 0) is 13.0 Å². The Morgan fingerprint density at radius 3 is 2.29 bits per heavy atom. The van der Waals surface area contributed by atoms with E-state index in [1.165, 1.54) is 12.1 Å². The highest BCUT2D eigenvalue weighted by Gasteiger charge is 2.31. The van der Waals surface area contributed by atoms with Crippen LogP contribution in [-0.4, -0.2) is 34.7 Å². The van der Waals surface area contributed by atoms with Gasteiger partial charge in [0.15, 0.2) is 0 Å². The average molecular weight is 587 g/mol. The van der Waals surface area contributed by atoms with Crippen LogP contribution in [0.2, 0.25) is 5.02 Å². The maximum absolute atomic E-state index is 13.0. The number of amides is 1. The van der Waals surface area contributed by atoms with Crippen LogP contribution < -0.4 is 15.0 Å². The molecule has 0 saturated carbocycles. The number of ether oxygens (including phenoxy) is 1. The Hall–Kier alpha value is -3.72. The molecule has 0 spiro atoms. The number of hydrogen-bond acceptors (Lipinski definition) is 4. The van der Waals surface area contributed by atoms with Gasteiger partial charge in [-0.05, 0) is 72.7 Å². The van der Waals surface area contributed by atoms with Gasteiger partial charge in [-0.2, -0.15) is 0 Å². The normalized spacial score (nSPS) is 14.0. The molecule has 2 aromatic heterocycles. The molecule has 5 rings (SSSR count). The van der Waals surface area contributed by atoms with Gasteiger partial charge in [0, 0.05) is 31.5 Å². The van der Waals surface area contributed by atoms with Crippen molar-refractivity contribution in [3.63, 3.8) is 0 Å². The molecule has 3 heterocycles. The molecule has 0 aliphatic carbocycles. The molecule has 1 saturated heterocycles. The van der Waals surface area contributed by atoms with E-state index in [1.54, 1.807) is 34.9 Å². The predicted molar refractivity (Wildman–Crippen MR) is 156 cm³/mol. The molecule has 6 nitrogen and oxygen atoms in total. The quantitative estimate of drug-likeness (QED) is 0.240. The number of carbonyl (C=O) groups excluding carboxylic acids is 1. The SMILES string of the molecule is CC.CCc1nc2ccc(Cl)cn2c1C(=O)NCc1ccc(N2CCC(c3ccc(OC(F)(F)F)cc3)CC2)cc1. The van der Waals surface area contributed by atoms with Crippen molar-refractivity contribution in [1.29, 1.82) is 0 Å². The molecule has 2 aromatic carbocycles. The third-order valence-electron chi connectivity index (χ3n) is 7.04. The number of halogens is 4. The van der Waals surface area contributed by atoms with Crippen LogP contribution in [0.3, 0.4) is 0 Å². The Morgan fingerprint density at radius 1 is 1.02 bits per heavy atom. The van der Waals surface area contributed by atoms with Crippen molar-refractivity contribution in [2.45, 2.75) is 58.9 Å². The smallest absolute Gasteiger partial charge is 0.406 e. The lowest BCUT2D eigenvalue weighted by Gasteiger charge is -2.34. The second-order valence-corrected chi connectivity index (χ2v) is 10.00. The Morgan fingerprint density at radius 2 is 1.68 bits per heavy atom. The van der Waals surface area contributed by atoms with E-state index in [0.29, 0.717) is 29.3 Å². The maximum Gasteiger partial charge on any atom is 0.573 e. The average Bonchev–Trinajstić information content (AvgIpc) is 3.35. The van der Waals surface area contributed by atoms with E-state index in [9.17, 15) is 18.0 Å². The molecule has 1 N–H and O–H groups in total. The highest BCUT2D eigenvalue weighted by Crippen LogP contribution is 2.32. The second kappa shape index (κ2) is 13.3. The first kappa shape index (κ1) is 30.2. The monoisotopic (exact) mass is 586 g/mol. The van der Waals surface area contributed by atoms with E-state index >= 15 is 0 Å². The Balaban J connectivity index is 0.00000189. The van der Waals surface area contributed by atoms with Gasteiger partial charge in [-0.15, -0.1) is 13.2 Å². The number of imidazole rings is 1. The summed E-state index contributed by atoms with van der Waals surface area (Å²) in [5, 5.41) is 3.53. The summed E-state index contributed by atoms with van der Waals surface area (Å²) in [5.41, 5.74) is 5.00. The predicted octanol–water partition coefficient (Wildman–Crippen LogP) is 7.79. The minimum absolute atomic E-state index is 0.200. The first-order valence-electron chi connectivity index (χ1n) is 13.8. The summed E-state index contributed by atoms with van der Waals surface area (Å²) >= 11 is 6.14. The lowest BCUT2D eigenvalue weighted by Crippen LogP contribution is -2.32. The van der Waals surface area contributed by atoms with Crippen LogP contribution in [0.1, 0.15) is 66.8 Å². The van der Waals surface area contributed by atoms with Crippen molar-refractivity contribution >= 4 is 28.8 Å². The summed E-state index contributed by atoms with van der Waals surface area (Å²) in [7, 11) is 0. The van der Waals surface area contributed by atoms with Crippen LogP contribution >= 0.6 is 11.6 Å². The minimum atomic E-state index is -4.68. The summed E-state index contributed by atoms with van der Waals surface area (Å²) in [6, 6.07) is 17.9. The van der Waals surface area contributed by atoms with Crippen molar-refractivity contribution in [2.24, 2.45) is 0 Å². The maximum atomic E-state index is 13.0.